The Hall–Kier alpha value is -4.58. The molecule has 3 nitrogen and oxygen atoms in total. The molecule has 0 atom stereocenters. The first-order valence-corrected chi connectivity index (χ1v) is 21.3. The summed E-state index contributed by atoms with van der Waals surface area (Å²) in [5.74, 6) is 6.98. The highest BCUT2D eigenvalue weighted by atomic mass is 32.1. The van der Waals surface area contributed by atoms with Gasteiger partial charge < -0.3 is 13.3 Å². The van der Waals surface area contributed by atoms with Gasteiger partial charge in [0.15, 0.2) is 0 Å². The molecular formula is C50H52O3S2. The summed E-state index contributed by atoms with van der Waals surface area (Å²) in [5.41, 5.74) is 12.6. The van der Waals surface area contributed by atoms with E-state index in [1.807, 2.05) is 0 Å². The zero-order valence-corrected chi connectivity index (χ0v) is 34.2. The Morgan fingerprint density at radius 2 is 0.618 bits per heavy atom. The van der Waals surface area contributed by atoms with Gasteiger partial charge in [0.1, 0.15) is 34.6 Å². The molecule has 0 aliphatic heterocycles. The number of benzene rings is 4. The third-order valence-electron chi connectivity index (χ3n) is 10.5. The number of hydrogen-bond donors (Lipinski definition) is 2. The van der Waals surface area contributed by atoms with E-state index < -0.39 is 0 Å². The fourth-order valence-corrected chi connectivity index (χ4v) is 7.63. The number of furan rings is 3. The van der Waals surface area contributed by atoms with Crippen molar-refractivity contribution in [1.29, 1.82) is 0 Å². The SMILES string of the molecule is CCCCc1cc(-c2ccc(CS)cc2)oc1-c1ccc(-c2cc(CCCC)c(-c3ccc(-c4oc(-c5ccc(CS)cc5)cc4CCCC)cc3)o2)cc1. The zero-order chi connectivity index (χ0) is 38.1. The highest BCUT2D eigenvalue weighted by Crippen LogP contribution is 2.39. The molecule has 0 saturated heterocycles. The van der Waals surface area contributed by atoms with Crippen LogP contribution in [0.25, 0.3) is 67.9 Å². The van der Waals surface area contributed by atoms with Crippen molar-refractivity contribution in [1.82, 2.24) is 0 Å². The van der Waals surface area contributed by atoms with Gasteiger partial charge in [-0.15, -0.1) is 0 Å². The summed E-state index contributed by atoms with van der Waals surface area (Å²) < 4.78 is 19.9. The molecule has 0 N–H and O–H groups in total. The van der Waals surface area contributed by atoms with Crippen molar-refractivity contribution in [2.24, 2.45) is 0 Å². The van der Waals surface area contributed by atoms with Gasteiger partial charge in [-0.1, -0.05) is 137 Å². The van der Waals surface area contributed by atoms with E-state index in [0.717, 1.165) is 137 Å². The van der Waals surface area contributed by atoms with Crippen molar-refractivity contribution in [3.8, 4) is 67.9 Å². The lowest BCUT2D eigenvalue weighted by atomic mass is 9.99. The molecule has 0 aliphatic carbocycles. The molecule has 0 saturated carbocycles. The third-order valence-corrected chi connectivity index (χ3v) is 11.2. The molecule has 7 aromatic rings. The maximum Gasteiger partial charge on any atom is 0.137 e. The molecule has 0 radical (unpaired) electrons. The quantitative estimate of drug-likeness (QED) is 0.0907. The molecule has 7 rings (SSSR count). The average molecular weight is 765 g/mol. The van der Waals surface area contributed by atoms with Gasteiger partial charge in [0.05, 0.1) is 0 Å². The maximum absolute atomic E-state index is 6.73. The Bertz CT molecular complexity index is 2270. The lowest BCUT2D eigenvalue weighted by Crippen LogP contribution is -1.87. The molecule has 0 spiro atoms. The number of rotatable bonds is 17. The van der Waals surface area contributed by atoms with Gasteiger partial charge in [-0.3, -0.25) is 0 Å². The Morgan fingerprint density at radius 1 is 0.364 bits per heavy atom. The van der Waals surface area contributed by atoms with Gasteiger partial charge >= 0.3 is 0 Å². The Balaban J connectivity index is 1.16. The van der Waals surface area contributed by atoms with E-state index >= 15 is 0 Å². The average Bonchev–Trinajstić information content (AvgIpc) is 3.99. The number of hydrogen-bond acceptors (Lipinski definition) is 5. The standard InChI is InChI=1S/C50H52O3S2/c1-4-7-10-42-29-45(36-17-13-34(32-54)14-18-36)51-48(42)39-23-21-38(22-24-39)47-31-44(12-9-6-3)50(53-47)41-27-25-40(26-28-41)49-43(11-8-5-2)30-46(52-49)37-19-15-35(33-55)16-20-37/h13-31,54-55H,4-12,32-33H2,1-3H3. The molecule has 0 amide bonds. The number of thiol groups is 2. The van der Waals surface area contributed by atoms with Gasteiger partial charge in [0, 0.05) is 44.9 Å². The van der Waals surface area contributed by atoms with Crippen LogP contribution < -0.4 is 0 Å². The summed E-state index contributed by atoms with van der Waals surface area (Å²) in [4.78, 5) is 0. The van der Waals surface area contributed by atoms with Gasteiger partial charge in [-0.25, -0.2) is 0 Å². The van der Waals surface area contributed by atoms with Crippen LogP contribution in [0.15, 0.2) is 129 Å². The monoisotopic (exact) mass is 764 g/mol. The Labute approximate surface area is 338 Å². The highest BCUT2D eigenvalue weighted by molar-refractivity contribution is 7.79. The Kier molecular flexibility index (Phi) is 12.9. The maximum atomic E-state index is 6.73. The minimum Gasteiger partial charge on any atom is -0.456 e. The Morgan fingerprint density at radius 3 is 0.873 bits per heavy atom. The second kappa shape index (κ2) is 18.4. The van der Waals surface area contributed by atoms with Crippen molar-refractivity contribution >= 4 is 25.3 Å². The summed E-state index contributed by atoms with van der Waals surface area (Å²) in [6, 6.07) is 41.1. The van der Waals surface area contributed by atoms with Gasteiger partial charge in [0.2, 0.25) is 0 Å². The minimum absolute atomic E-state index is 0.724. The molecule has 55 heavy (non-hydrogen) atoms. The molecule has 0 unspecified atom stereocenters. The molecular weight excluding hydrogens is 713 g/mol. The highest BCUT2D eigenvalue weighted by Gasteiger charge is 2.19. The first-order valence-electron chi connectivity index (χ1n) is 20.0. The van der Waals surface area contributed by atoms with Gasteiger partial charge in [-0.05, 0) is 84.5 Å². The van der Waals surface area contributed by atoms with E-state index in [1.54, 1.807) is 0 Å². The minimum atomic E-state index is 0.724. The smallest absolute Gasteiger partial charge is 0.137 e. The number of unbranched alkanes of at least 4 members (excludes halogenated alkanes) is 3. The second-order valence-corrected chi connectivity index (χ2v) is 15.2. The topological polar surface area (TPSA) is 39.4 Å². The lowest BCUT2D eigenvalue weighted by Gasteiger charge is -2.06. The lowest BCUT2D eigenvalue weighted by molar-refractivity contribution is 0.590. The summed E-state index contributed by atoms with van der Waals surface area (Å²) in [6.45, 7) is 6.71. The van der Waals surface area contributed by atoms with E-state index in [2.05, 4.69) is 161 Å². The summed E-state index contributed by atoms with van der Waals surface area (Å²) in [5, 5.41) is 0. The predicted molar refractivity (Wildman–Crippen MR) is 237 cm³/mol. The molecule has 5 heteroatoms. The van der Waals surface area contributed by atoms with E-state index in [-0.39, 0.29) is 0 Å². The summed E-state index contributed by atoms with van der Waals surface area (Å²) in [7, 11) is 0. The van der Waals surface area contributed by atoms with Gasteiger partial charge in [0.25, 0.3) is 0 Å². The van der Waals surface area contributed by atoms with Crippen LogP contribution in [0, 0.1) is 0 Å². The molecule has 0 fully saturated rings. The second-order valence-electron chi connectivity index (χ2n) is 14.6. The normalized spacial score (nSPS) is 11.4. The molecule has 0 bridgehead atoms. The van der Waals surface area contributed by atoms with Crippen molar-refractivity contribution in [3.63, 3.8) is 0 Å². The van der Waals surface area contributed by atoms with Crippen LogP contribution in [0.3, 0.4) is 0 Å². The van der Waals surface area contributed by atoms with Crippen LogP contribution in [-0.4, -0.2) is 0 Å². The van der Waals surface area contributed by atoms with Crippen LogP contribution in [0.4, 0.5) is 0 Å². The van der Waals surface area contributed by atoms with Crippen LogP contribution in [0.2, 0.25) is 0 Å². The van der Waals surface area contributed by atoms with E-state index in [4.69, 9.17) is 13.3 Å². The van der Waals surface area contributed by atoms with E-state index in [9.17, 15) is 0 Å². The van der Waals surface area contributed by atoms with E-state index in [1.165, 1.54) is 27.8 Å². The summed E-state index contributed by atoms with van der Waals surface area (Å²) in [6.07, 6.45) is 9.67. The van der Waals surface area contributed by atoms with Crippen molar-refractivity contribution in [2.75, 3.05) is 0 Å². The first kappa shape index (κ1) is 38.7. The van der Waals surface area contributed by atoms with Crippen molar-refractivity contribution in [2.45, 2.75) is 90.1 Å². The molecule has 282 valence electrons. The van der Waals surface area contributed by atoms with Crippen molar-refractivity contribution in [3.05, 3.63) is 143 Å². The third kappa shape index (κ3) is 8.95. The van der Waals surface area contributed by atoms with Crippen LogP contribution in [0.1, 0.15) is 87.1 Å². The summed E-state index contributed by atoms with van der Waals surface area (Å²) >= 11 is 8.84. The molecule has 4 aromatic carbocycles. The van der Waals surface area contributed by atoms with E-state index in [0.29, 0.717) is 0 Å². The first-order chi connectivity index (χ1) is 27.0. The molecule has 3 heterocycles. The van der Waals surface area contributed by atoms with Gasteiger partial charge in [-0.2, -0.15) is 25.3 Å². The van der Waals surface area contributed by atoms with Crippen LogP contribution in [-0.2, 0) is 30.8 Å². The van der Waals surface area contributed by atoms with Crippen LogP contribution >= 0.6 is 25.3 Å². The molecule has 3 aromatic heterocycles. The largest absolute Gasteiger partial charge is 0.456 e. The molecule has 0 aliphatic rings. The number of aryl methyl sites for hydroxylation is 3. The fraction of sp³-hybridized carbons (Fsp3) is 0.280. The predicted octanol–water partition coefficient (Wildman–Crippen LogP) is 15.4. The van der Waals surface area contributed by atoms with Crippen molar-refractivity contribution < 1.29 is 13.3 Å². The zero-order valence-electron chi connectivity index (χ0n) is 32.4. The fourth-order valence-electron chi connectivity index (χ4n) is 7.21. The van der Waals surface area contributed by atoms with Crippen LogP contribution in [0.5, 0.6) is 0 Å².